The van der Waals surface area contributed by atoms with Crippen LogP contribution in [0, 0.1) is 0 Å². The summed E-state index contributed by atoms with van der Waals surface area (Å²) in [5.74, 6) is 0.0264. The lowest BCUT2D eigenvalue weighted by molar-refractivity contribution is -0.138. The molecule has 0 aromatic heterocycles. The van der Waals surface area contributed by atoms with Gasteiger partial charge in [0.05, 0.1) is 6.54 Å². The molecule has 2 amide bonds. The molecule has 0 aliphatic rings. The van der Waals surface area contributed by atoms with Crippen molar-refractivity contribution >= 4 is 11.8 Å². The minimum Gasteiger partial charge on any atom is -0.344 e. The minimum atomic E-state index is -0.0108. The Kier molecular flexibility index (Phi) is 9.33. The van der Waals surface area contributed by atoms with Gasteiger partial charge in [-0.1, -0.05) is 33.1 Å². The van der Waals surface area contributed by atoms with E-state index in [1.54, 1.807) is 9.80 Å². The first-order valence-corrected chi connectivity index (χ1v) is 7.02. The first-order valence-electron chi connectivity index (χ1n) is 7.02. The maximum atomic E-state index is 11.9. The van der Waals surface area contributed by atoms with Crippen LogP contribution in [-0.2, 0) is 9.59 Å². The first-order chi connectivity index (χ1) is 8.52. The van der Waals surface area contributed by atoms with Crippen LogP contribution in [0.3, 0.4) is 0 Å². The Morgan fingerprint density at radius 2 is 1.56 bits per heavy atom. The molecule has 4 nitrogen and oxygen atoms in total. The summed E-state index contributed by atoms with van der Waals surface area (Å²) in [7, 11) is 1.81. The van der Waals surface area contributed by atoms with E-state index >= 15 is 0 Å². The highest BCUT2D eigenvalue weighted by Gasteiger charge is 2.15. The van der Waals surface area contributed by atoms with E-state index in [1.807, 2.05) is 7.05 Å². The van der Waals surface area contributed by atoms with Gasteiger partial charge in [-0.05, 0) is 12.8 Å². The maximum Gasteiger partial charge on any atom is 0.241 e. The number of rotatable bonds is 9. The smallest absolute Gasteiger partial charge is 0.241 e. The molecule has 0 rings (SSSR count). The fourth-order valence-electron chi connectivity index (χ4n) is 1.70. The zero-order chi connectivity index (χ0) is 14.0. The van der Waals surface area contributed by atoms with Crippen molar-refractivity contribution in [3.05, 3.63) is 0 Å². The van der Waals surface area contributed by atoms with Gasteiger partial charge in [-0.25, -0.2) is 0 Å². The number of likely N-dealkylation sites (N-methyl/N-ethyl adjacent to an activating group) is 1. The van der Waals surface area contributed by atoms with Gasteiger partial charge in [0.15, 0.2) is 0 Å². The topological polar surface area (TPSA) is 40.6 Å². The summed E-state index contributed by atoms with van der Waals surface area (Å²) < 4.78 is 0. The zero-order valence-corrected chi connectivity index (χ0v) is 12.4. The van der Waals surface area contributed by atoms with Gasteiger partial charge < -0.3 is 9.80 Å². The molecule has 0 saturated heterocycles. The Morgan fingerprint density at radius 3 is 2.06 bits per heavy atom. The lowest BCUT2D eigenvalue weighted by atomic mass is 10.2. The van der Waals surface area contributed by atoms with Crippen LogP contribution in [0.4, 0.5) is 0 Å². The van der Waals surface area contributed by atoms with Gasteiger partial charge in [-0.15, -0.1) is 0 Å². The molecular formula is C14H28N2O2. The summed E-state index contributed by atoms with van der Waals surface area (Å²) in [5.41, 5.74) is 0. The highest BCUT2D eigenvalue weighted by Crippen LogP contribution is 2.01. The van der Waals surface area contributed by atoms with Crippen LogP contribution < -0.4 is 0 Å². The second kappa shape index (κ2) is 9.92. The molecule has 106 valence electrons. The SMILES string of the molecule is CCCCCN(CC(=O)N(C)CCCC)C(C)=O. The molecule has 4 heteroatoms. The fraction of sp³-hybridized carbons (Fsp3) is 0.857. The Balaban J connectivity index is 4.14. The largest absolute Gasteiger partial charge is 0.344 e. The molecule has 0 aliphatic carbocycles. The van der Waals surface area contributed by atoms with Crippen molar-refractivity contribution in [1.82, 2.24) is 9.80 Å². The number of hydrogen-bond donors (Lipinski definition) is 0. The average Bonchev–Trinajstić information content (AvgIpc) is 2.34. The lowest BCUT2D eigenvalue weighted by Gasteiger charge is -2.24. The monoisotopic (exact) mass is 256 g/mol. The number of carbonyl (C=O) groups excluding carboxylic acids is 2. The van der Waals surface area contributed by atoms with E-state index in [0.29, 0.717) is 6.54 Å². The Hall–Kier alpha value is -1.06. The van der Waals surface area contributed by atoms with Gasteiger partial charge in [0.25, 0.3) is 0 Å². The minimum absolute atomic E-state index is 0.0108. The summed E-state index contributed by atoms with van der Waals surface area (Å²) in [5, 5.41) is 0. The van der Waals surface area contributed by atoms with Crippen molar-refractivity contribution in [2.24, 2.45) is 0 Å². The molecule has 0 aromatic rings. The molecule has 0 aromatic carbocycles. The summed E-state index contributed by atoms with van der Waals surface area (Å²) in [6.45, 7) is 7.45. The Morgan fingerprint density at radius 1 is 0.944 bits per heavy atom. The third kappa shape index (κ3) is 7.30. The normalized spacial score (nSPS) is 10.2. The number of unbranched alkanes of at least 4 members (excludes halogenated alkanes) is 3. The van der Waals surface area contributed by atoms with Crippen LogP contribution >= 0.6 is 0 Å². The van der Waals surface area contributed by atoms with E-state index in [4.69, 9.17) is 0 Å². The van der Waals surface area contributed by atoms with Crippen molar-refractivity contribution in [3.8, 4) is 0 Å². The standard InChI is InChI=1S/C14H28N2O2/c1-5-7-9-11-16(13(3)17)12-14(18)15(4)10-8-6-2/h5-12H2,1-4H3. The van der Waals surface area contributed by atoms with Gasteiger partial charge >= 0.3 is 0 Å². The molecule has 0 atom stereocenters. The van der Waals surface area contributed by atoms with Crippen molar-refractivity contribution < 1.29 is 9.59 Å². The van der Waals surface area contributed by atoms with Crippen LogP contribution in [-0.4, -0.2) is 48.3 Å². The molecule has 0 aliphatic heterocycles. The van der Waals surface area contributed by atoms with Crippen molar-refractivity contribution in [2.45, 2.75) is 52.9 Å². The molecule has 0 unspecified atom stereocenters. The van der Waals surface area contributed by atoms with E-state index < -0.39 is 0 Å². The quantitative estimate of drug-likeness (QED) is 0.594. The number of amides is 2. The molecule has 18 heavy (non-hydrogen) atoms. The van der Waals surface area contributed by atoms with E-state index in [-0.39, 0.29) is 18.4 Å². The predicted molar refractivity (Wildman–Crippen MR) is 74.3 cm³/mol. The van der Waals surface area contributed by atoms with E-state index in [9.17, 15) is 9.59 Å². The van der Waals surface area contributed by atoms with E-state index in [1.165, 1.54) is 6.92 Å². The van der Waals surface area contributed by atoms with Gasteiger partial charge in [0.2, 0.25) is 11.8 Å². The van der Waals surface area contributed by atoms with Crippen molar-refractivity contribution in [3.63, 3.8) is 0 Å². The first kappa shape index (κ1) is 16.9. The zero-order valence-electron chi connectivity index (χ0n) is 12.4. The second-order valence-corrected chi connectivity index (χ2v) is 4.82. The molecule has 0 N–H and O–H groups in total. The molecular weight excluding hydrogens is 228 g/mol. The van der Waals surface area contributed by atoms with Crippen molar-refractivity contribution in [2.75, 3.05) is 26.7 Å². The third-order valence-corrected chi connectivity index (χ3v) is 3.08. The molecule has 0 spiro atoms. The predicted octanol–water partition coefficient (Wildman–Crippen LogP) is 2.28. The molecule has 0 bridgehead atoms. The van der Waals surface area contributed by atoms with Crippen LogP contribution in [0.5, 0.6) is 0 Å². The van der Waals surface area contributed by atoms with Gasteiger partial charge in [0.1, 0.15) is 0 Å². The number of hydrogen-bond acceptors (Lipinski definition) is 2. The Bertz CT molecular complexity index is 254. The lowest BCUT2D eigenvalue weighted by Crippen LogP contribution is -2.41. The summed E-state index contributed by atoms with van der Waals surface area (Å²) in [6, 6.07) is 0. The average molecular weight is 256 g/mol. The van der Waals surface area contributed by atoms with Crippen LogP contribution in [0.25, 0.3) is 0 Å². The maximum absolute atomic E-state index is 11.9. The molecule has 0 fully saturated rings. The van der Waals surface area contributed by atoms with Crippen LogP contribution in [0.15, 0.2) is 0 Å². The second-order valence-electron chi connectivity index (χ2n) is 4.82. The third-order valence-electron chi connectivity index (χ3n) is 3.08. The highest BCUT2D eigenvalue weighted by molar-refractivity contribution is 5.83. The highest BCUT2D eigenvalue weighted by atomic mass is 16.2. The molecule has 0 radical (unpaired) electrons. The molecule has 0 saturated carbocycles. The summed E-state index contributed by atoms with van der Waals surface area (Å²) in [6.07, 6.45) is 5.28. The van der Waals surface area contributed by atoms with Gasteiger partial charge in [0, 0.05) is 27.1 Å². The van der Waals surface area contributed by atoms with Gasteiger partial charge in [-0.3, -0.25) is 9.59 Å². The van der Waals surface area contributed by atoms with E-state index in [2.05, 4.69) is 13.8 Å². The van der Waals surface area contributed by atoms with E-state index in [0.717, 1.165) is 38.6 Å². The fourth-order valence-corrected chi connectivity index (χ4v) is 1.70. The van der Waals surface area contributed by atoms with Crippen LogP contribution in [0.2, 0.25) is 0 Å². The van der Waals surface area contributed by atoms with Crippen molar-refractivity contribution in [1.29, 1.82) is 0 Å². The summed E-state index contributed by atoms with van der Waals surface area (Å²) in [4.78, 5) is 26.8. The number of nitrogens with zero attached hydrogens (tertiary/aromatic N) is 2. The molecule has 0 heterocycles. The Labute approximate surface area is 111 Å². The summed E-state index contributed by atoms with van der Waals surface area (Å²) >= 11 is 0. The number of carbonyl (C=O) groups is 2. The van der Waals surface area contributed by atoms with Gasteiger partial charge in [-0.2, -0.15) is 0 Å². The van der Waals surface area contributed by atoms with Crippen LogP contribution in [0.1, 0.15) is 52.9 Å².